The highest BCUT2D eigenvalue weighted by atomic mass is 35.5. The first-order valence-electron chi connectivity index (χ1n) is 7.32. The van der Waals surface area contributed by atoms with Gasteiger partial charge in [0, 0.05) is 19.3 Å². The van der Waals surface area contributed by atoms with Gasteiger partial charge in [-0.05, 0) is 24.8 Å². The van der Waals surface area contributed by atoms with E-state index < -0.39 is 10.0 Å². The number of pyridine rings is 1. The highest BCUT2D eigenvalue weighted by Gasteiger charge is 2.26. The molecule has 118 valence electrons. The fourth-order valence-corrected chi connectivity index (χ4v) is 4.39. The molecule has 5 nitrogen and oxygen atoms in total. The molecule has 0 aliphatic heterocycles. The Balaban J connectivity index is 2.13. The molecule has 7 heteroatoms. The number of hydrogen-bond donors (Lipinski definition) is 2. The number of hydrogen-bond acceptors (Lipinski definition) is 4. The van der Waals surface area contributed by atoms with Crippen LogP contribution in [0, 0.1) is 5.92 Å². The molecule has 0 bridgehead atoms. The normalized spacial score (nSPS) is 23.0. The number of halogens is 1. The molecule has 1 aromatic rings. The second kappa shape index (κ2) is 6.94. The number of sulfonamides is 1. The zero-order chi connectivity index (χ0) is 15.5. The Morgan fingerprint density at radius 3 is 2.81 bits per heavy atom. The molecule has 0 radical (unpaired) electrons. The predicted octanol–water partition coefficient (Wildman–Crippen LogP) is 3.02. The molecule has 2 atom stereocenters. The van der Waals surface area contributed by atoms with Crippen molar-refractivity contribution in [2.45, 2.75) is 50.0 Å². The fourth-order valence-electron chi connectivity index (χ4n) is 2.81. The van der Waals surface area contributed by atoms with Crippen LogP contribution in [0.4, 0.5) is 5.82 Å². The van der Waals surface area contributed by atoms with Gasteiger partial charge in [-0.3, -0.25) is 0 Å². The smallest absolute Gasteiger partial charge is 0.242 e. The van der Waals surface area contributed by atoms with Crippen molar-refractivity contribution in [3.63, 3.8) is 0 Å². The van der Waals surface area contributed by atoms with Gasteiger partial charge in [-0.15, -0.1) is 0 Å². The maximum atomic E-state index is 12.4. The monoisotopic (exact) mass is 331 g/mol. The largest absolute Gasteiger partial charge is 0.372 e. The van der Waals surface area contributed by atoms with E-state index in [0.29, 0.717) is 16.8 Å². The van der Waals surface area contributed by atoms with Gasteiger partial charge in [0.15, 0.2) is 0 Å². The van der Waals surface area contributed by atoms with E-state index in [2.05, 4.69) is 21.9 Å². The maximum absolute atomic E-state index is 12.4. The van der Waals surface area contributed by atoms with Gasteiger partial charge in [0.2, 0.25) is 10.0 Å². The van der Waals surface area contributed by atoms with Crippen LogP contribution in [0.25, 0.3) is 0 Å². The van der Waals surface area contributed by atoms with Crippen LogP contribution in [0.15, 0.2) is 17.2 Å². The lowest BCUT2D eigenvalue weighted by atomic mass is 9.85. The van der Waals surface area contributed by atoms with E-state index in [0.717, 1.165) is 25.7 Å². The standard InChI is InChI=1S/C14H22ClN3O2S/c1-3-10-5-4-6-11(7-10)18-21(19,20)12-8-13(15)14(16-2)17-9-12/h8-11,18H,3-7H2,1-2H3,(H,16,17). The van der Waals surface area contributed by atoms with Crippen molar-refractivity contribution in [3.05, 3.63) is 17.3 Å². The van der Waals surface area contributed by atoms with Gasteiger partial charge < -0.3 is 5.32 Å². The lowest BCUT2D eigenvalue weighted by Gasteiger charge is -2.28. The zero-order valence-corrected chi connectivity index (χ0v) is 14.0. The van der Waals surface area contributed by atoms with Gasteiger partial charge >= 0.3 is 0 Å². The van der Waals surface area contributed by atoms with Crippen LogP contribution in [0.3, 0.4) is 0 Å². The molecule has 0 aromatic carbocycles. The van der Waals surface area contributed by atoms with E-state index in [9.17, 15) is 8.42 Å². The van der Waals surface area contributed by atoms with E-state index in [1.165, 1.54) is 18.7 Å². The van der Waals surface area contributed by atoms with Crippen LogP contribution in [0.1, 0.15) is 39.0 Å². The first-order valence-corrected chi connectivity index (χ1v) is 9.18. The molecule has 21 heavy (non-hydrogen) atoms. The molecule has 2 N–H and O–H groups in total. The van der Waals surface area contributed by atoms with Crippen LogP contribution < -0.4 is 10.0 Å². The summed E-state index contributed by atoms with van der Waals surface area (Å²) in [4.78, 5) is 4.14. The summed E-state index contributed by atoms with van der Waals surface area (Å²) in [6.07, 6.45) is 6.50. The van der Waals surface area contributed by atoms with Crippen molar-refractivity contribution in [2.24, 2.45) is 5.92 Å². The van der Waals surface area contributed by atoms with Crippen molar-refractivity contribution < 1.29 is 8.42 Å². The minimum Gasteiger partial charge on any atom is -0.372 e. The van der Waals surface area contributed by atoms with Crippen molar-refractivity contribution >= 4 is 27.4 Å². The molecule has 1 heterocycles. The molecular weight excluding hydrogens is 310 g/mol. The first-order chi connectivity index (χ1) is 9.96. The van der Waals surface area contributed by atoms with Crippen LogP contribution in [-0.4, -0.2) is 26.5 Å². The quantitative estimate of drug-likeness (QED) is 0.870. The van der Waals surface area contributed by atoms with Crippen molar-refractivity contribution in [2.75, 3.05) is 12.4 Å². The van der Waals surface area contributed by atoms with Crippen LogP contribution in [-0.2, 0) is 10.0 Å². The summed E-state index contributed by atoms with van der Waals surface area (Å²) in [5.41, 5.74) is 0. The van der Waals surface area contributed by atoms with Crippen molar-refractivity contribution in [1.29, 1.82) is 0 Å². The second-order valence-electron chi connectivity index (χ2n) is 5.51. The van der Waals surface area contributed by atoms with Gasteiger partial charge in [0.05, 0.1) is 5.02 Å². The summed E-state index contributed by atoms with van der Waals surface area (Å²) in [5, 5.41) is 3.11. The van der Waals surface area contributed by atoms with Crippen molar-refractivity contribution in [1.82, 2.24) is 9.71 Å². The lowest BCUT2D eigenvalue weighted by molar-refractivity contribution is 0.301. The Morgan fingerprint density at radius 2 is 2.19 bits per heavy atom. The average molecular weight is 332 g/mol. The van der Waals surface area contributed by atoms with E-state index in [1.54, 1.807) is 7.05 Å². The van der Waals surface area contributed by atoms with E-state index in [1.807, 2.05) is 0 Å². The molecule has 1 saturated carbocycles. The van der Waals surface area contributed by atoms with Gasteiger partial charge in [0.25, 0.3) is 0 Å². The molecule has 1 aliphatic rings. The van der Waals surface area contributed by atoms with Crippen LogP contribution in [0.5, 0.6) is 0 Å². The summed E-state index contributed by atoms with van der Waals surface area (Å²) < 4.78 is 27.6. The van der Waals surface area contributed by atoms with E-state index >= 15 is 0 Å². The van der Waals surface area contributed by atoms with E-state index in [4.69, 9.17) is 11.6 Å². The third-order valence-corrected chi connectivity index (χ3v) is 5.82. The number of rotatable bonds is 5. The number of anilines is 1. The first kappa shape index (κ1) is 16.5. The highest BCUT2D eigenvalue weighted by molar-refractivity contribution is 7.89. The second-order valence-corrected chi connectivity index (χ2v) is 7.63. The van der Waals surface area contributed by atoms with Crippen molar-refractivity contribution in [3.8, 4) is 0 Å². The van der Waals surface area contributed by atoms with Gasteiger partial charge in [-0.1, -0.05) is 37.8 Å². The Hall–Kier alpha value is -0.850. The van der Waals surface area contributed by atoms with Gasteiger partial charge in [0.1, 0.15) is 10.7 Å². The van der Waals surface area contributed by atoms with Crippen LogP contribution in [0.2, 0.25) is 5.02 Å². The number of aromatic nitrogens is 1. The SMILES string of the molecule is CCC1CCCC(NS(=O)(=O)c2cnc(NC)c(Cl)c2)C1. The molecule has 2 rings (SSSR count). The zero-order valence-electron chi connectivity index (χ0n) is 12.4. The van der Waals surface area contributed by atoms with E-state index in [-0.39, 0.29) is 10.9 Å². The molecule has 1 aromatic heterocycles. The Labute approximate surface area is 131 Å². The minimum absolute atomic E-state index is 0.0106. The maximum Gasteiger partial charge on any atom is 0.242 e. The number of nitrogens with one attached hydrogen (secondary N) is 2. The lowest BCUT2D eigenvalue weighted by Crippen LogP contribution is -2.38. The van der Waals surface area contributed by atoms with Crippen LogP contribution >= 0.6 is 11.6 Å². The molecule has 2 unspecified atom stereocenters. The summed E-state index contributed by atoms with van der Waals surface area (Å²) in [6.45, 7) is 2.15. The Morgan fingerprint density at radius 1 is 1.43 bits per heavy atom. The molecule has 0 spiro atoms. The molecule has 1 aliphatic carbocycles. The molecular formula is C14H22ClN3O2S. The van der Waals surface area contributed by atoms with Gasteiger partial charge in [-0.25, -0.2) is 18.1 Å². The summed E-state index contributed by atoms with van der Waals surface area (Å²) >= 11 is 6.01. The minimum atomic E-state index is -3.56. The van der Waals surface area contributed by atoms with Gasteiger partial charge in [-0.2, -0.15) is 0 Å². The predicted molar refractivity (Wildman–Crippen MR) is 85.2 cm³/mol. The number of nitrogens with zero attached hydrogens (tertiary/aromatic N) is 1. The molecule has 0 amide bonds. The Bertz CT molecular complexity index is 592. The molecule has 0 saturated heterocycles. The Kier molecular flexibility index (Phi) is 5.46. The summed E-state index contributed by atoms with van der Waals surface area (Å²) in [5.74, 6) is 1.08. The molecule has 1 fully saturated rings. The fraction of sp³-hybridized carbons (Fsp3) is 0.643. The summed E-state index contributed by atoms with van der Waals surface area (Å²) in [7, 11) is -1.88. The topological polar surface area (TPSA) is 71.1 Å². The highest BCUT2D eigenvalue weighted by Crippen LogP contribution is 2.28. The third kappa shape index (κ3) is 4.08. The summed E-state index contributed by atoms with van der Waals surface area (Å²) in [6, 6.07) is 1.44. The third-order valence-electron chi connectivity index (χ3n) is 4.05. The average Bonchev–Trinajstić information content (AvgIpc) is 2.47.